The van der Waals surface area contributed by atoms with Crippen LogP contribution >= 0.6 is 0 Å². The molecule has 0 aliphatic carbocycles. The van der Waals surface area contributed by atoms with Gasteiger partial charge in [-0.15, -0.1) is 0 Å². The van der Waals surface area contributed by atoms with Crippen LogP contribution < -0.4 is 0 Å². The zero-order valence-electron chi connectivity index (χ0n) is 18.3. The van der Waals surface area contributed by atoms with Gasteiger partial charge in [0.25, 0.3) is 0 Å². The molecule has 0 aromatic heterocycles. The first-order valence-electron chi connectivity index (χ1n) is 9.52. The van der Waals surface area contributed by atoms with Crippen molar-refractivity contribution < 1.29 is 22.8 Å². The average Bonchev–Trinajstić information content (AvgIpc) is 2.74. The van der Waals surface area contributed by atoms with E-state index in [0.717, 1.165) is 0 Å². The van der Waals surface area contributed by atoms with E-state index in [0.29, 0.717) is 25.4 Å². The van der Waals surface area contributed by atoms with Crippen molar-refractivity contribution in [2.24, 2.45) is 0 Å². The minimum atomic E-state index is -2.51. The number of esters is 1. The van der Waals surface area contributed by atoms with Crippen LogP contribution in [0.15, 0.2) is 74.0 Å². The number of hydrogen-bond acceptors (Lipinski definition) is 5. The van der Waals surface area contributed by atoms with Gasteiger partial charge in [0, 0.05) is 25.4 Å². The fraction of sp³-hybridized carbons (Fsp3) is 0.348. The van der Waals surface area contributed by atoms with E-state index in [1.54, 1.807) is 12.6 Å². The number of rotatable bonds is 11. The molecule has 0 atom stereocenters. The number of benzene rings is 1. The van der Waals surface area contributed by atoms with Crippen molar-refractivity contribution in [2.75, 3.05) is 26.4 Å². The monoisotopic (exact) mass is 420 g/mol. The third kappa shape index (κ3) is 15.4. The minimum absolute atomic E-state index is 0.256. The molecule has 1 aromatic carbocycles. The zero-order valence-corrected chi connectivity index (χ0v) is 19.3. The van der Waals surface area contributed by atoms with E-state index in [1.807, 2.05) is 57.2 Å². The Morgan fingerprint density at radius 3 is 1.72 bits per heavy atom. The smallest absolute Gasteiger partial charge is 0.458 e. The van der Waals surface area contributed by atoms with Crippen LogP contribution in [0.4, 0.5) is 0 Å². The van der Waals surface area contributed by atoms with E-state index < -0.39 is 8.80 Å². The van der Waals surface area contributed by atoms with Crippen LogP contribution in [0.25, 0.3) is 6.08 Å². The fourth-order valence-electron chi connectivity index (χ4n) is 1.75. The van der Waals surface area contributed by atoms with Gasteiger partial charge in [-0.05, 0) is 39.0 Å². The van der Waals surface area contributed by atoms with Crippen LogP contribution in [0, 0.1) is 0 Å². The molecule has 162 valence electrons. The van der Waals surface area contributed by atoms with Crippen molar-refractivity contribution in [3.8, 4) is 0 Å². The van der Waals surface area contributed by atoms with Gasteiger partial charge in [-0.1, -0.05) is 68.8 Å². The van der Waals surface area contributed by atoms with Crippen molar-refractivity contribution in [1.82, 2.24) is 0 Å². The molecule has 5 nitrogen and oxygen atoms in total. The lowest BCUT2D eigenvalue weighted by atomic mass is 10.2. The molecule has 0 radical (unpaired) electrons. The molecule has 6 heteroatoms. The predicted octanol–water partition coefficient (Wildman–Crippen LogP) is 5.38. The Morgan fingerprint density at radius 1 is 0.966 bits per heavy atom. The lowest BCUT2D eigenvalue weighted by Crippen LogP contribution is -2.44. The summed E-state index contributed by atoms with van der Waals surface area (Å²) < 4.78 is 20.9. The van der Waals surface area contributed by atoms with Crippen molar-refractivity contribution in [2.45, 2.75) is 27.7 Å². The first-order valence-corrected chi connectivity index (χ1v) is 11.3. The maximum absolute atomic E-state index is 10.5. The van der Waals surface area contributed by atoms with Gasteiger partial charge in [0.05, 0.1) is 0 Å². The number of hydrogen-bond donors (Lipinski definition) is 0. The van der Waals surface area contributed by atoms with Crippen LogP contribution in [0.3, 0.4) is 0 Å². The molecular weight excluding hydrogens is 384 g/mol. The molecule has 0 saturated carbocycles. The third-order valence-electron chi connectivity index (χ3n) is 3.00. The SMILES string of the molecule is C=CCOC(=O)C(=C)C.C=C[Si](OCC)(OCC)OCC.C=Cc1ccccc1. The Labute approximate surface area is 177 Å². The van der Waals surface area contributed by atoms with Gasteiger partial charge >= 0.3 is 14.8 Å². The van der Waals surface area contributed by atoms with Crippen LogP contribution in [0.2, 0.25) is 0 Å². The van der Waals surface area contributed by atoms with E-state index in [2.05, 4.69) is 31.1 Å². The summed E-state index contributed by atoms with van der Waals surface area (Å²) in [5.41, 5.74) is 3.26. The maximum atomic E-state index is 10.5. The highest BCUT2D eigenvalue weighted by Gasteiger charge is 2.36. The Bertz CT molecular complexity index is 582. The molecule has 0 fully saturated rings. The fourth-order valence-corrected chi connectivity index (χ4v) is 3.56. The highest BCUT2D eigenvalue weighted by Crippen LogP contribution is 2.10. The quantitative estimate of drug-likeness (QED) is 0.208. The van der Waals surface area contributed by atoms with E-state index in [9.17, 15) is 4.79 Å². The first-order chi connectivity index (χ1) is 13.9. The van der Waals surface area contributed by atoms with Crippen molar-refractivity contribution in [1.29, 1.82) is 0 Å². The van der Waals surface area contributed by atoms with E-state index in [-0.39, 0.29) is 12.6 Å². The van der Waals surface area contributed by atoms with Gasteiger partial charge in [0.2, 0.25) is 0 Å². The van der Waals surface area contributed by atoms with Crippen molar-refractivity contribution in [3.63, 3.8) is 0 Å². The first kappa shape index (κ1) is 29.0. The lowest BCUT2D eigenvalue weighted by molar-refractivity contribution is -0.137. The van der Waals surface area contributed by atoms with Crippen LogP contribution in [-0.4, -0.2) is 41.2 Å². The Hall–Kier alpha value is -2.25. The second kappa shape index (κ2) is 19.1. The Kier molecular flexibility index (Phi) is 19.0. The van der Waals surface area contributed by atoms with Gasteiger partial charge in [-0.3, -0.25) is 0 Å². The molecule has 1 aromatic rings. The summed E-state index contributed by atoms with van der Waals surface area (Å²) in [6, 6.07) is 10.0. The molecule has 1 rings (SSSR count). The van der Waals surface area contributed by atoms with Crippen LogP contribution in [-0.2, 0) is 22.8 Å². The minimum Gasteiger partial charge on any atom is -0.458 e. The summed E-state index contributed by atoms with van der Waals surface area (Å²) in [4.78, 5) is 10.5. The largest absolute Gasteiger partial charge is 0.528 e. The molecule has 0 heterocycles. The number of carbonyl (C=O) groups excluding carboxylic acids is 1. The van der Waals surface area contributed by atoms with Crippen LogP contribution in [0.5, 0.6) is 0 Å². The van der Waals surface area contributed by atoms with E-state index in [4.69, 9.17) is 13.3 Å². The summed E-state index contributed by atoms with van der Waals surface area (Å²) in [5.74, 6) is -0.366. The Balaban J connectivity index is 0. The second-order valence-electron chi connectivity index (χ2n) is 5.39. The zero-order chi connectivity index (χ0) is 22.5. The standard InChI is InChI=1S/C8H18O3Si.C8H8.C7H10O2/c1-5-9-12(8-4,10-6-2)11-7-3;1-2-8-6-4-3-5-7-8;1-4-5-9-7(8)6(2)3/h8H,4-7H2,1-3H3;2-7H,1H2;4H,1-2,5H2,3H3. The van der Waals surface area contributed by atoms with Crippen molar-refractivity contribution >= 4 is 20.8 Å². The van der Waals surface area contributed by atoms with Crippen LogP contribution in [0.1, 0.15) is 33.3 Å². The van der Waals surface area contributed by atoms with Gasteiger partial charge in [0.1, 0.15) is 6.61 Å². The summed E-state index contributed by atoms with van der Waals surface area (Å²) in [6.07, 6.45) is 3.35. The second-order valence-corrected chi connectivity index (χ2v) is 7.87. The van der Waals surface area contributed by atoms with Gasteiger partial charge < -0.3 is 18.0 Å². The third-order valence-corrected chi connectivity index (χ3v) is 5.58. The molecular formula is C23H36O5Si. The average molecular weight is 421 g/mol. The molecule has 0 aliphatic rings. The highest BCUT2D eigenvalue weighted by atomic mass is 28.4. The van der Waals surface area contributed by atoms with Crippen molar-refractivity contribution in [3.05, 3.63) is 79.6 Å². The number of carbonyl (C=O) groups is 1. The normalized spacial score (nSPS) is 9.66. The molecule has 0 unspecified atom stereocenters. The topological polar surface area (TPSA) is 54.0 Å². The molecule has 0 aliphatic heterocycles. The van der Waals surface area contributed by atoms with Gasteiger partial charge in [-0.2, -0.15) is 0 Å². The molecule has 0 N–H and O–H groups in total. The van der Waals surface area contributed by atoms with E-state index >= 15 is 0 Å². The highest BCUT2D eigenvalue weighted by molar-refractivity contribution is 6.66. The summed E-state index contributed by atoms with van der Waals surface area (Å²) in [6.45, 7) is 23.5. The molecule has 0 spiro atoms. The maximum Gasteiger partial charge on any atom is 0.528 e. The summed E-state index contributed by atoms with van der Waals surface area (Å²) >= 11 is 0. The van der Waals surface area contributed by atoms with E-state index in [1.165, 1.54) is 11.6 Å². The predicted molar refractivity (Wildman–Crippen MR) is 123 cm³/mol. The lowest BCUT2D eigenvalue weighted by Gasteiger charge is -2.24. The summed E-state index contributed by atoms with van der Waals surface area (Å²) in [5, 5.41) is 0. The van der Waals surface area contributed by atoms with Gasteiger partial charge in [-0.25, -0.2) is 4.79 Å². The summed E-state index contributed by atoms with van der Waals surface area (Å²) in [7, 11) is -2.51. The molecule has 0 amide bonds. The Morgan fingerprint density at radius 2 is 1.45 bits per heavy atom. The molecule has 0 bridgehead atoms. The van der Waals surface area contributed by atoms with Gasteiger partial charge in [0.15, 0.2) is 0 Å². The molecule has 29 heavy (non-hydrogen) atoms. The number of ether oxygens (including phenoxy) is 1. The molecule has 0 saturated heterocycles.